The molecule has 108 valence electrons. The molecule has 0 aliphatic heterocycles. The fraction of sp³-hybridized carbons (Fsp3) is 0. The minimum Gasteiger partial charge on any atom is -0.478 e. The Morgan fingerprint density at radius 2 is 1.90 bits per heavy atom. The van der Waals surface area contributed by atoms with E-state index in [1.165, 1.54) is 18.2 Å². The van der Waals surface area contributed by atoms with Crippen molar-refractivity contribution >= 4 is 45.1 Å². The van der Waals surface area contributed by atoms with Crippen molar-refractivity contribution in [1.29, 1.82) is 0 Å². The molecule has 2 aromatic rings. The van der Waals surface area contributed by atoms with Gasteiger partial charge in [0.15, 0.2) is 0 Å². The van der Waals surface area contributed by atoms with E-state index in [2.05, 4.69) is 21.2 Å². The second kappa shape index (κ2) is 6.24. The molecule has 0 bridgehead atoms. The summed E-state index contributed by atoms with van der Waals surface area (Å²) in [5.74, 6) is -2.75. The Morgan fingerprint density at radius 3 is 2.48 bits per heavy atom. The van der Waals surface area contributed by atoms with Crippen LogP contribution in [0.25, 0.3) is 0 Å². The summed E-state index contributed by atoms with van der Waals surface area (Å²) in [6.07, 6.45) is 0. The lowest BCUT2D eigenvalue weighted by Gasteiger charge is -2.07. The molecule has 1 amide bonds. The van der Waals surface area contributed by atoms with E-state index >= 15 is 0 Å². The van der Waals surface area contributed by atoms with Crippen LogP contribution in [0.3, 0.4) is 0 Å². The first kappa shape index (κ1) is 15.5. The Morgan fingerprint density at radius 1 is 1.19 bits per heavy atom. The van der Waals surface area contributed by atoms with Crippen molar-refractivity contribution in [3.8, 4) is 0 Å². The number of aromatic carboxylic acids is 1. The molecule has 4 nitrogen and oxygen atoms in total. The topological polar surface area (TPSA) is 66.4 Å². The number of halogens is 3. The summed E-state index contributed by atoms with van der Waals surface area (Å²) in [4.78, 5) is 22.7. The molecule has 0 spiro atoms. The minimum atomic E-state index is -1.37. The van der Waals surface area contributed by atoms with Crippen molar-refractivity contribution in [2.24, 2.45) is 0 Å². The third kappa shape index (κ3) is 3.59. The van der Waals surface area contributed by atoms with Gasteiger partial charge in [-0.2, -0.15) is 0 Å². The fourth-order valence-corrected chi connectivity index (χ4v) is 2.10. The predicted molar refractivity (Wildman–Crippen MR) is 80.5 cm³/mol. The van der Waals surface area contributed by atoms with E-state index < -0.39 is 23.3 Å². The standard InChI is InChI=1S/C14H8BrClFNO3/c15-10-5-7(1-4-11(10)16)13(19)18-8-2-3-9(14(20)21)12(17)6-8/h1-6H,(H,18,19)(H,20,21). The molecule has 0 saturated carbocycles. The van der Waals surface area contributed by atoms with E-state index in [-0.39, 0.29) is 5.69 Å². The van der Waals surface area contributed by atoms with Crippen LogP contribution in [0.4, 0.5) is 10.1 Å². The van der Waals surface area contributed by atoms with Gasteiger partial charge in [-0.3, -0.25) is 4.79 Å². The average molecular weight is 373 g/mol. The number of carbonyl (C=O) groups excluding carboxylic acids is 1. The van der Waals surface area contributed by atoms with Gasteiger partial charge < -0.3 is 10.4 Å². The van der Waals surface area contributed by atoms with Crippen LogP contribution < -0.4 is 5.32 Å². The molecule has 2 N–H and O–H groups in total. The summed E-state index contributed by atoms with van der Waals surface area (Å²) in [5, 5.41) is 11.7. The van der Waals surface area contributed by atoms with Crippen LogP contribution in [0.5, 0.6) is 0 Å². The molecule has 0 atom stereocenters. The van der Waals surface area contributed by atoms with Crippen LogP contribution in [0.15, 0.2) is 40.9 Å². The van der Waals surface area contributed by atoms with Crippen molar-refractivity contribution < 1.29 is 19.1 Å². The summed E-state index contributed by atoms with van der Waals surface area (Å²) in [5.41, 5.74) is 0.0322. The zero-order valence-corrected chi connectivity index (χ0v) is 12.7. The molecule has 0 aliphatic rings. The highest BCUT2D eigenvalue weighted by atomic mass is 79.9. The van der Waals surface area contributed by atoms with E-state index in [1.807, 2.05) is 0 Å². The number of carbonyl (C=O) groups is 2. The largest absolute Gasteiger partial charge is 0.478 e. The van der Waals surface area contributed by atoms with Gasteiger partial charge in [-0.1, -0.05) is 11.6 Å². The molecule has 7 heteroatoms. The Labute approximate surface area is 132 Å². The zero-order valence-electron chi connectivity index (χ0n) is 10.4. The maximum Gasteiger partial charge on any atom is 0.338 e. The summed E-state index contributed by atoms with van der Waals surface area (Å²) in [7, 11) is 0. The summed E-state index contributed by atoms with van der Waals surface area (Å²) >= 11 is 9.03. The SMILES string of the molecule is O=C(Nc1ccc(C(=O)O)c(F)c1)c1ccc(Cl)c(Br)c1. The number of hydrogen-bond acceptors (Lipinski definition) is 2. The van der Waals surface area contributed by atoms with E-state index in [9.17, 15) is 14.0 Å². The van der Waals surface area contributed by atoms with Gasteiger partial charge in [0.25, 0.3) is 5.91 Å². The number of benzene rings is 2. The predicted octanol–water partition coefficient (Wildman–Crippen LogP) is 4.19. The normalized spacial score (nSPS) is 10.2. The Kier molecular flexibility index (Phi) is 4.59. The van der Waals surface area contributed by atoms with E-state index in [4.69, 9.17) is 16.7 Å². The Hall–Kier alpha value is -1.92. The van der Waals surface area contributed by atoms with Crippen molar-refractivity contribution in [3.63, 3.8) is 0 Å². The molecule has 0 aliphatic carbocycles. The molecular weight excluding hydrogens is 365 g/mol. The first-order chi connectivity index (χ1) is 9.88. The molecule has 0 radical (unpaired) electrons. The van der Waals surface area contributed by atoms with Crippen LogP contribution in [0.1, 0.15) is 20.7 Å². The quantitative estimate of drug-likeness (QED) is 0.849. The van der Waals surface area contributed by atoms with Gasteiger partial charge in [-0.15, -0.1) is 0 Å². The van der Waals surface area contributed by atoms with Gasteiger partial charge in [0.2, 0.25) is 0 Å². The maximum atomic E-state index is 13.5. The number of hydrogen-bond donors (Lipinski definition) is 2. The highest BCUT2D eigenvalue weighted by Crippen LogP contribution is 2.24. The van der Waals surface area contributed by atoms with Gasteiger partial charge in [0, 0.05) is 15.7 Å². The van der Waals surface area contributed by atoms with E-state index in [1.54, 1.807) is 6.07 Å². The van der Waals surface area contributed by atoms with Crippen molar-refractivity contribution in [3.05, 3.63) is 62.8 Å². The smallest absolute Gasteiger partial charge is 0.338 e. The monoisotopic (exact) mass is 371 g/mol. The second-order valence-electron chi connectivity index (χ2n) is 4.08. The second-order valence-corrected chi connectivity index (χ2v) is 5.34. The molecule has 21 heavy (non-hydrogen) atoms. The van der Waals surface area contributed by atoms with Gasteiger partial charge in [-0.05, 0) is 52.3 Å². The lowest BCUT2D eigenvalue weighted by atomic mass is 10.1. The van der Waals surface area contributed by atoms with E-state index in [0.717, 1.165) is 12.1 Å². The Bertz CT molecular complexity index is 736. The first-order valence-corrected chi connectivity index (χ1v) is 6.85. The molecule has 0 unspecified atom stereocenters. The fourth-order valence-electron chi connectivity index (χ4n) is 1.61. The molecular formula is C14H8BrClFNO3. The summed E-state index contributed by atoms with van der Waals surface area (Å²) < 4.78 is 14.1. The highest BCUT2D eigenvalue weighted by Gasteiger charge is 2.13. The third-order valence-electron chi connectivity index (χ3n) is 2.64. The van der Waals surface area contributed by atoms with Crippen LogP contribution in [0, 0.1) is 5.82 Å². The van der Waals surface area contributed by atoms with Crippen molar-refractivity contribution in [1.82, 2.24) is 0 Å². The first-order valence-electron chi connectivity index (χ1n) is 5.67. The molecule has 2 aromatic carbocycles. The van der Waals surface area contributed by atoms with E-state index in [0.29, 0.717) is 15.1 Å². The van der Waals surface area contributed by atoms with Crippen LogP contribution in [-0.2, 0) is 0 Å². The number of carboxylic acid groups (broad SMARTS) is 1. The average Bonchev–Trinajstić information content (AvgIpc) is 2.41. The Balaban J connectivity index is 2.21. The lowest BCUT2D eigenvalue weighted by Crippen LogP contribution is -2.12. The minimum absolute atomic E-state index is 0.161. The molecule has 0 saturated heterocycles. The molecule has 0 aromatic heterocycles. The molecule has 0 fully saturated rings. The third-order valence-corrected chi connectivity index (χ3v) is 3.85. The number of nitrogens with one attached hydrogen (secondary N) is 1. The number of amides is 1. The maximum absolute atomic E-state index is 13.5. The summed E-state index contributed by atoms with van der Waals surface area (Å²) in [6, 6.07) is 7.95. The van der Waals surface area contributed by atoms with Gasteiger partial charge >= 0.3 is 5.97 Å². The van der Waals surface area contributed by atoms with Crippen molar-refractivity contribution in [2.45, 2.75) is 0 Å². The van der Waals surface area contributed by atoms with Gasteiger partial charge in [-0.25, -0.2) is 9.18 Å². The van der Waals surface area contributed by atoms with Crippen molar-refractivity contribution in [2.75, 3.05) is 5.32 Å². The highest BCUT2D eigenvalue weighted by molar-refractivity contribution is 9.10. The molecule has 2 rings (SSSR count). The van der Waals surface area contributed by atoms with Crippen LogP contribution in [-0.4, -0.2) is 17.0 Å². The summed E-state index contributed by atoms with van der Waals surface area (Å²) in [6.45, 7) is 0. The number of rotatable bonds is 3. The van der Waals surface area contributed by atoms with Crippen LogP contribution >= 0.6 is 27.5 Å². The number of carboxylic acids is 1. The van der Waals surface area contributed by atoms with Crippen LogP contribution in [0.2, 0.25) is 5.02 Å². The zero-order chi connectivity index (χ0) is 15.6. The van der Waals surface area contributed by atoms with Gasteiger partial charge in [0.05, 0.1) is 10.6 Å². The number of anilines is 1. The lowest BCUT2D eigenvalue weighted by molar-refractivity contribution is 0.0692. The van der Waals surface area contributed by atoms with Gasteiger partial charge in [0.1, 0.15) is 5.82 Å². The molecule has 0 heterocycles.